The van der Waals surface area contributed by atoms with Gasteiger partial charge in [0.2, 0.25) is 10.0 Å². The molecule has 1 fully saturated rings. The molecule has 36 heavy (non-hydrogen) atoms. The first-order valence-electron chi connectivity index (χ1n) is 11.8. The summed E-state index contributed by atoms with van der Waals surface area (Å²) in [7, 11) is -2.03. The number of nitrogens with zero attached hydrogens (tertiary/aromatic N) is 3. The van der Waals surface area contributed by atoms with Crippen molar-refractivity contribution in [3.63, 3.8) is 0 Å². The van der Waals surface area contributed by atoms with Crippen LogP contribution in [0.2, 0.25) is 0 Å². The van der Waals surface area contributed by atoms with Gasteiger partial charge in [-0.15, -0.1) is 0 Å². The van der Waals surface area contributed by atoms with E-state index < -0.39 is 21.9 Å². The Morgan fingerprint density at radius 2 is 1.83 bits per heavy atom. The topological polar surface area (TPSA) is 98.0 Å². The zero-order valence-corrected chi connectivity index (χ0v) is 23.4. The average molecular weight is 595 g/mol. The third-order valence-electron chi connectivity index (χ3n) is 6.30. The molecular formula is C25H28BrN3O5S2. The zero-order chi connectivity index (χ0) is 25.9. The molecule has 1 saturated carbocycles. The summed E-state index contributed by atoms with van der Waals surface area (Å²) < 4.78 is 36.1. The van der Waals surface area contributed by atoms with Gasteiger partial charge in [-0.1, -0.05) is 46.5 Å². The Bertz CT molecular complexity index is 1440. The van der Waals surface area contributed by atoms with Crippen LogP contribution >= 0.6 is 27.3 Å². The van der Waals surface area contributed by atoms with Crippen molar-refractivity contribution in [2.75, 3.05) is 13.7 Å². The second kappa shape index (κ2) is 11.4. The first-order chi connectivity index (χ1) is 17.2. The Kier molecular flexibility index (Phi) is 8.44. The van der Waals surface area contributed by atoms with Crippen LogP contribution in [0.15, 0.2) is 56.8 Å². The summed E-state index contributed by atoms with van der Waals surface area (Å²) in [6, 6.07) is 11.5. The monoisotopic (exact) mass is 593 g/mol. The van der Waals surface area contributed by atoms with E-state index in [0.717, 1.165) is 46.8 Å². The highest BCUT2D eigenvalue weighted by atomic mass is 79.9. The lowest BCUT2D eigenvalue weighted by Crippen LogP contribution is -2.38. The number of carbonyl (C=O) groups excluding carboxylic acids is 2. The highest BCUT2D eigenvalue weighted by Crippen LogP contribution is 2.27. The Labute approximate surface area is 222 Å². The highest BCUT2D eigenvalue weighted by Gasteiger charge is 2.29. The van der Waals surface area contributed by atoms with Crippen LogP contribution in [0.1, 0.15) is 49.4 Å². The van der Waals surface area contributed by atoms with Crippen molar-refractivity contribution in [1.82, 2.24) is 8.87 Å². The quantitative estimate of drug-likeness (QED) is 0.369. The molecule has 2 aromatic carbocycles. The molecule has 0 N–H and O–H groups in total. The van der Waals surface area contributed by atoms with Crippen molar-refractivity contribution in [3.8, 4) is 0 Å². The van der Waals surface area contributed by atoms with Crippen molar-refractivity contribution >= 4 is 59.4 Å². The van der Waals surface area contributed by atoms with Crippen LogP contribution < -0.4 is 4.80 Å². The molecular weight excluding hydrogens is 566 g/mol. The highest BCUT2D eigenvalue weighted by molar-refractivity contribution is 9.10. The van der Waals surface area contributed by atoms with E-state index in [9.17, 15) is 18.0 Å². The second-order valence-corrected chi connectivity index (χ2v) is 12.6. The third kappa shape index (κ3) is 5.80. The Balaban J connectivity index is 1.63. The van der Waals surface area contributed by atoms with Gasteiger partial charge in [-0.2, -0.15) is 9.30 Å². The number of hydrogen-bond acceptors (Lipinski definition) is 6. The molecule has 1 aromatic heterocycles. The fourth-order valence-corrected chi connectivity index (χ4v) is 7.34. The van der Waals surface area contributed by atoms with Crippen molar-refractivity contribution in [1.29, 1.82) is 0 Å². The van der Waals surface area contributed by atoms with Crippen molar-refractivity contribution < 1.29 is 22.7 Å². The Hall–Kier alpha value is -2.34. The largest absolute Gasteiger partial charge is 0.465 e. The van der Waals surface area contributed by atoms with E-state index in [-0.39, 0.29) is 29.7 Å². The van der Waals surface area contributed by atoms with Gasteiger partial charge in [0.25, 0.3) is 5.91 Å². The number of esters is 1. The fraction of sp³-hybridized carbons (Fsp3) is 0.400. The molecule has 1 aliphatic carbocycles. The predicted octanol–water partition coefficient (Wildman–Crippen LogP) is 4.72. The summed E-state index contributed by atoms with van der Waals surface area (Å²) in [5.41, 5.74) is 1.02. The zero-order valence-electron chi connectivity index (χ0n) is 20.1. The number of carbonyl (C=O) groups is 2. The minimum atomic E-state index is -3.65. The summed E-state index contributed by atoms with van der Waals surface area (Å²) in [4.78, 5) is 30.0. The number of fused-ring (bicyclic) bond motifs is 1. The summed E-state index contributed by atoms with van der Waals surface area (Å²) in [5.74, 6) is -0.950. The van der Waals surface area contributed by atoms with Gasteiger partial charge in [0, 0.05) is 23.1 Å². The van der Waals surface area contributed by atoms with E-state index >= 15 is 0 Å². The van der Waals surface area contributed by atoms with Crippen molar-refractivity contribution in [2.24, 2.45) is 4.99 Å². The number of ether oxygens (including phenoxy) is 1. The van der Waals surface area contributed by atoms with Crippen LogP contribution in [-0.2, 0) is 26.1 Å². The predicted molar refractivity (Wildman–Crippen MR) is 142 cm³/mol. The standard InChI is InChI=1S/C25H28BrN3O5S2/c1-3-34-23(30)16-29-21-14-11-18(26)15-22(21)35-25(29)27-24(31)17-9-12-20(13-10-17)36(32,33)28(2)19-7-5-4-6-8-19/h9-15,19H,3-8,16H2,1-2H3. The summed E-state index contributed by atoms with van der Waals surface area (Å²) >= 11 is 4.73. The lowest BCUT2D eigenvalue weighted by atomic mass is 9.96. The molecule has 0 unspecified atom stereocenters. The minimum Gasteiger partial charge on any atom is -0.465 e. The number of aromatic nitrogens is 1. The van der Waals surface area contributed by atoms with Gasteiger partial charge in [0.1, 0.15) is 6.54 Å². The number of rotatable bonds is 7. The van der Waals surface area contributed by atoms with E-state index in [1.807, 2.05) is 18.2 Å². The molecule has 0 radical (unpaired) electrons. The van der Waals surface area contributed by atoms with E-state index in [4.69, 9.17) is 4.74 Å². The van der Waals surface area contributed by atoms with Crippen LogP contribution in [0.5, 0.6) is 0 Å². The lowest BCUT2D eigenvalue weighted by Gasteiger charge is -2.30. The second-order valence-electron chi connectivity index (χ2n) is 8.64. The van der Waals surface area contributed by atoms with Gasteiger partial charge in [-0.25, -0.2) is 8.42 Å². The van der Waals surface area contributed by atoms with Crippen LogP contribution in [0.25, 0.3) is 10.2 Å². The molecule has 1 heterocycles. The molecule has 1 aliphatic rings. The SMILES string of the molecule is CCOC(=O)Cn1c(=NC(=O)c2ccc(S(=O)(=O)N(C)C3CCCCC3)cc2)sc2cc(Br)ccc21. The van der Waals surface area contributed by atoms with Crippen LogP contribution in [0.3, 0.4) is 0 Å². The maximum atomic E-state index is 13.1. The third-order valence-corrected chi connectivity index (χ3v) is 9.76. The first kappa shape index (κ1) is 26.7. The fourth-order valence-electron chi connectivity index (χ4n) is 4.35. The number of halogens is 1. The van der Waals surface area contributed by atoms with Crippen LogP contribution in [0.4, 0.5) is 0 Å². The van der Waals surface area contributed by atoms with E-state index in [1.54, 1.807) is 18.5 Å². The Morgan fingerprint density at radius 3 is 2.50 bits per heavy atom. The molecule has 8 nitrogen and oxygen atoms in total. The lowest BCUT2D eigenvalue weighted by molar-refractivity contribution is -0.143. The van der Waals surface area contributed by atoms with Gasteiger partial charge in [-0.05, 0) is 62.2 Å². The summed E-state index contributed by atoms with van der Waals surface area (Å²) in [6.45, 7) is 1.91. The average Bonchev–Trinajstić information content (AvgIpc) is 3.19. The van der Waals surface area contributed by atoms with Crippen LogP contribution in [-0.4, -0.2) is 48.9 Å². The van der Waals surface area contributed by atoms with Crippen molar-refractivity contribution in [2.45, 2.75) is 56.5 Å². The van der Waals surface area contributed by atoms with Gasteiger partial charge < -0.3 is 9.30 Å². The first-order valence-corrected chi connectivity index (χ1v) is 14.9. The molecule has 3 aromatic rings. The summed E-state index contributed by atoms with van der Waals surface area (Å²) in [5, 5.41) is 0. The van der Waals surface area contributed by atoms with Gasteiger partial charge >= 0.3 is 5.97 Å². The molecule has 1 amide bonds. The van der Waals surface area contributed by atoms with Crippen LogP contribution in [0, 0.1) is 0 Å². The molecule has 192 valence electrons. The minimum absolute atomic E-state index is 0.00269. The molecule has 4 rings (SSSR count). The number of benzene rings is 2. The molecule has 0 bridgehead atoms. The van der Waals surface area contributed by atoms with E-state index in [0.29, 0.717) is 4.80 Å². The van der Waals surface area contributed by atoms with E-state index in [2.05, 4.69) is 20.9 Å². The number of sulfonamides is 1. The molecule has 0 saturated heterocycles. The van der Waals surface area contributed by atoms with E-state index in [1.165, 1.54) is 39.9 Å². The van der Waals surface area contributed by atoms with Gasteiger partial charge in [-0.3, -0.25) is 9.59 Å². The smallest absolute Gasteiger partial charge is 0.326 e. The number of amides is 1. The Morgan fingerprint density at radius 1 is 1.14 bits per heavy atom. The maximum Gasteiger partial charge on any atom is 0.326 e. The van der Waals surface area contributed by atoms with Gasteiger partial charge in [0.15, 0.2) is 4.80 Å². The summed E-state index contributed by atoms with van der Waals surface area (Å²) in [6.07, 6.45) is 4.93. The molecule has 0 spiro atoms. The number of thiazole rings is 1. The molecule has 11 heteroatoms. The maximum absolute atomic E-state index is 13.1. The molecule has 0 aliphatic heterocycles. The normalized spacial score (nSPS) is 15.5. The van der Waals surface area contributed by atoms with Crippen molar-refractivity contribution in [3.05, 3.63) is 57.3 Å². The van der Waals surface area contributed by atoms with Gasteiger partial charge in [0.05, 0.1) is 21.7 Å². The molecule has 0 atom stereocenters. The number of hydrogen-bond donors (Lipinski definition) is 0.